The Morgan fingerprint density at radius 1 is 1.33 bits per heavy atom. The third-order valence-electron chi connectivity index (χ3n) is 2.96. The van der Waals surface area contributed by atoms with Crippen molar-refractivity contribution in [1.82, 2.24) is 9.55 Å². The van der Waals surface area contributed by atoms with E-state index in [1.807, 2.05) is 33.5 Å². The summed E-state index contributed by atoms with van der Waals surface area (Å²) >= 11 is 0. The topological polar surface area (TPSA) is 33.1 Å². The molecule has 0 aliphatic heterocycles. The van der Waals surface area contributed by atoms with Crippen LogP contribution in [0, 0.1) is 0 Å². The second-order valence-electron chi connectivity index (χ2n) is 4.58. The van der Waals surface area contributed by atoms with Crippen LogP contribution in [-0.2, 0) is 13.5 Å². The van der Waals surface area contributed by atoms with Crippen molar-refractivity contribution in [1.29, 1.82) is 0 Å². The minimum Gasteiger partial charge on any atom is -0.385 e. The van der Waals surface area contributed by atoms with E-state index in [2.05, 4.69) is 44.0 Å². The number of nitrogens with one attached hydrogen (secondary N) is 1. The smallest absolute Gasteiger partial charge is 0.110 e. The van der Waals surface area contributed by atoms with Crippen molar-refractivity contribution in [2.24, 2.45) is 7.05 Å². The first kappa shape index (κ1) is 12.5. The highest BCUT2D eigenvalue weighted by Crippen LogP contribution is 2.17. The predicted octanol–water partition coefficient (Wildman–Crippen LogP) is 2.14. The standard InChI is InChI=1S/C14H20N4/c1-17(2)13-6-4-5-12(11-13)15-8-7-14-16-9-10-18(14)3/h4-6,9-11,15H,7-8H2,1-3H3. The predicted molar refractivity (Wildman–Crippen MR) is 76.2 cm³/mol. The SMILES string of the molecule is CN(C)c1cccc(NCCc2nccn2C)c1. The summed E-state index contributed by atoms with van der Waals surface area (Å²) in [4.78, 5) is 6.41. The summed E-state index contributed by atoms with van der Waals surface area (Å²) in [5, 5.41) is 3.43. The first-order chi connectivity index (χ1) is 8.66. The van der Waals surface area contributed by atoms with Gasteiger partial charge in [0.2, 0.25) is 0 Å². The van der Waals surface area contributed by atoms with Gasteiger partial charge in [-0.2, -0.15) is 0 Å². The lowest BCUT2D eigenvalue weighted by Crippen LogP contribution is -2.11. The Morgan fingerprint density at radius 2 is 2.17 bits per heavy atom. The lowest BCUT2D eigenvalue weighted by molar-refractivity contribution is 0.789. The van der Waals surface area contributed by atoms with Crippen LogP contribution >= 0.6 is 0 Å². The average molecular weight is 244 g/mol. The van der Waals surface area contributed by atoms with Crippen molar-refractivity contribution < 1.29 is 0 Å². The molecule has 4 nitrogen and oxygen atoms in total. The number of aryl methyl sites for hydroxylation is 1. The van der Waals surface area contributed by atoms with Crippen LogP contribution in [0.2, 0.25) is 0 Å². The van der Waals surface area contributed by atoms with Crippen LogP contribution in [0.15, 0.2) is 36.7 Å². The molecule has 0 saturated heterocycles. The van der Waals surface area contributed by atoms with Gasteiger partial charge in [0.1, 0.15) is 5.82 Å². The zero-order valence-corrected chi connectivity index (χ0v) is 11.2. The van der Waals surface area contributed by atoms with Crippen molar-refractivity contribution in [3.05, 3.63) is 42.5 Å². The number of nitrogens with zero attached hydrogens (tertiary/aromatic N) is 3. The van der Waals surface area contributed by atoms with Crippen molar-refractivity contribution in [3.63, 3.8) is 0 Å². The Bertz CT molecular complexity index is 502. The van der Waals surface area contributed by atoms with Gasteiger partial charge in [0.05, 0.1) is 0 Å². The fraction of sp³-hybridized carbons (Fsp3) is 0.357. The van der Waals surface area contributed by atoms with Gasteiger partial charge in [-0.05, 0) is 18.2 Å². The number of rotatable bonds is 5. The summed E-state index contributed by atoms with van der Waals surface area (Å²) in [6.45, 7) is 0.891. The summed E-state index contributed by atoms with van der Waals surface area (Å²) in [6, 6.07) is 8.41. The summed E-state index contributed by atoms with van der Waals surface area (Å²) in [7, 11) is 6.12. The Kier molecular flexibility index (Phi) is 3.87. The van der Waals surface area contributed by atoms with Crippen LogP contribution in [0.5, 0.6) is 0 Å². The summed E-state index contributed by atoms with van der Waals surface area (Å²) in [5.74, 6) is 1.10. The molecule has 0 radical (unpaired) electrons. The Hall–Kier alpha value is -1.97. The zero-order valence-electron chi connectivity index (χ0n) is 11.2. The molecule has 0 aliphatic rings. The molecule has 0 aliphatic carbocycles. The monoisotopic (exact) mass is 244 g/mol. The van der Waals surface area contributed by atoms with Crippen molar-refractivity contribution in [3.8, 4) is 0 Å². The van der Waals surface area contributed by atoms with E-state index in [0.29, 0.717) is 0 Å². The minimum absolute atomic E-state index is 0.891. The maximum absolute atomic E-state index is 4.31. The van der Waals surface area contributed by atoms with Gasteiger partial charge >= 0.3 is 0 Å². The lowest BCUT2D eigenvalue weighted by Gasteiger charge is -2.14. The molecule has 0 spiro atoms. The molecule has 0 amide bonds. The van der Waals surface area contributed by atoms with E-state index in [0.717, 1.165) is 24.5 Å². The number of hydrogen-bond acceptors (Lipinski definition) is 3. The lowest BCUT2D eigenvalue weighted by atomic mass is 10.2. The highest BCUT2D eigenvalue weighted by atomic mass is 15.1. The van der Waals surface area contributed by atoms with Gasteiger partial charge in [-0.25, -0.2) is 4.98 Å². The van der Waals surface area contributed by atoms with Gasteiger partial charge in [0, 0.05) is 57.9 Å². The quantitative estimate of drug-likeness (QED) is 0.874. The molecule has 1 aromatic heterocycles. The molecule has 0 saturated carbocycles. The average Bonchev–Trinajstić information content (AvgIpc) is 2.76. The van der Waals surface area contributed by atoms with Crippen molar-refractivity contribution >= 4 is 11.4 Å². The van der Waals surface area contributed by atoms with E-state index in [4.69, 9.17) is 0 Å². The first-order valence-corrected chi connectivity index (χ1v) is 6.14. The summed E-state index contributed by atoms with van der Waals surface area (Å²) < 4.78 is 2.05. The first-order valence-electron chi connectivity index (χ1n) is 6.14. The molecule has 1 heterocycles. The fourth-order valence-corrected chi connectivity index (χ4v) is 1.85. The minimum atomic E-state index is 0.891. The van der Waals surface area contributed by atoms with Gasteiger partial charge in [-0.1, -0.05) is 6.07 Å². The van der Waals surface area contributed by atoms with E-state index >= 15 is 0 Å². The molecule has 18 heavy (non-hydrogen) atoms. The number of aromatic nitrogens is 2. The van der Waals surface area contributed by atoms with Gasteiger partial charge < -0.3 is 14.8 Å². The van der Waals surface area contributed by atoms with Crippen molar-refractivity contribution in [2.75, 3.05) is 30.9 Å². The normalized spacial score (nSPS) is 10.4. The highest BCUT2D eigenvalue weighted by Gasteiger charge is 2.00. The molecule has 0 bridgehead atoms. The van der Waals surface area contributed by atoms with E-state index in [9.17, 15) is 0 Å². The molecule has 1 N–H and O–H groups in total. The van der Waals surface area contributed by atoms with Crippen LogP contribution in [0.4, 0.5) is 11.4 Å². The molecule has 0 unspecified atom stereocenters. The molecule has 2 aromatic rings. The number of anilines is 2. The van der Waals surface area contributed by atoms with Crippen LogP contribution in [0.3, 0.4) is 0 Å². The molecular weight excluding hydrogens is 224 g/mol. The molecular formula is C14H20N4. The van der Waals surface area contributed by atoms with E-state index < -0.39 is 0 Å². The van der Waals surface area contributed by atoms with Gasteiger partial charge in [0.25, 0.3) is 0 Å². The summed E-state index contributed by atoms with van der Waals surface area (Å²) in [6.07, 6.45) is 4.74. The Balaban J connectivity index is 1.90. The van der Waals surface area contributed by atoms with Gasteiger partial charge in [-0.3, -0.25) is 0 Å². The molecule has 1 aromatic carbocycles. The molecule has 0 atom stereocenters. The molecule has 2 rings (SSSR count). The van der Waals surface area contributed by atoms with Crippen LogP contribution in [0.25, 0.3) is 0 Å². The second-order valence-corrected chi connectivity index (χ2v) is 4.58. The molecule has 0 fully saturated rings. The van der Waals surface area contributed by atoms with E-state index in [1.54, 1.807) is 0 Å². The second kappa shape index (κ2) is 5.58. The third-order valence-corrected chi connectivity index (χ3v) is 2.96. The Labute approximate surface area is 108 Å². The van der Waals surface area contributed by atoms with Crippen LogP contribution in [-0.4, -0.2) is 30.2 Å². The van der Waals surface area contributed by atoms with Crippen molar-refractivity contribution in [2.45, 2.75) is 6.42 Å². The third kappa shape index (κ3) is 3.03. The van der Waals surface area contributed by atoms with E-state index in [1.165, 1.54) is 5.69 Å². The summed E-state index contributed by atoms with van der Waals surface area (Å²) in [5.41, 5.74) is 2.35. The number of hydrogen-bond donors (Lipinski definition) is 1. The number of imidazole rings is 1. The maximum atomic E-state index is 4.31. The van der Waals surface area contributed by atoms with Gasteiger partial charge in [-0.15, -0.1) is 0 Å². The fourth-order valence-electron chi connectivity index (χ4n) is 1.85. The Morgan fingerprint density at radius 3 is 2.83 bits per heavy atom. The van der Waals surface area contributed by atoms with Gasteiger partial charge in [0.15, 0.2) is 0 Å². The van der Waals surface area contributed by atoms with E-state index in [-0.39, 0.29) is 0 Å². The largest absolute Gasteiger partial charge is 0.385 e. The maximum Gasteiger partial charge on any atom is 0.110 e. The van der Waals surface area contributed by atoms with Crippen LogP contribution < -0.4 is 10.2 Å². The van der Waals surface area contributed by atoms with Crippen LogP contribution in [0.1, 0.15) is 5.82 Å². The molecule has 4 heteroatoms. The highest BCUT2D eigenvalue weighted by molar-refractivity contribution is 5.57. The zero-order chi connectivity index (χ0) is 13.0. The molecule has 96 valence electrons. The number of benzene rings is 1.